The zero-order chi connectivity index (χ0) is 15.3. The van der Waals surface area contributed by atoms with E-state index in [-0.39, 0.29) is 12.6 Å². The predicted molar refractivity (Wildman–Crippen MR) is 74.5 cm³/mol. The molecule has 0 aromatic carbocycles. The Hall–Kier alpha value is -0.860. The van der Waals surface area contributed by atoms with E-state index in [0.717, 1.165) is 6.26 Å². The molecule has 0 aromatic heterocycles. The van der Waals surface area contributed by atoms with Gasteiger partial charge in [0.1, 0.15) is 0 Å². The van der Waals surface area contributed by atoms with Crippen LogP contribution in [0.15, 0.2) is 0 Å². The largest absolute Gasteiger partial charge is 0.465 e. The van der Waals surface area contributed by atoms with Gasteiger partial charge in [0.2, 0.25) is 10.0 Å². The van der Waals surface area contributed by atoms with Crippen LogP contribution in [0.25, 0.3) is 0 Å². The Morgan fingerprint density at radius 1 is 1.42 bits per heavy atom. The first-order chi connectivity index (χ1) is 8.43. The van der Waals surface area contributed by atoms with Crippen molar-refractivity contribution in [2.45, 2.75) is 45.2 Å². The molecule has 0 aliphatic heterocycles. The maximum Gasteiger partial charge on any atom is 0.407 e. The number of carboxylic acid groups (broad SMARTS) is 1. The van der Waals surface area contributed by atoms with E-state index in [2.05, 4.69) is 4.72 Å². The van der Waals surface area contributed by atoms with Gasteiger partial charge in [-0.15, -0.1) is 0 Å². The molecule has 0 aromatic rings. The van der Waals surface area contributed by atoms with E-state index >= 15 is 0 Å². The molecule has 4 N–H and O–H groups in total. The molecule has 0 aliphatic carbocycles. The van der Waals surface area contributed by atoms with Crippen LogP contribution in [0.1, 0.15) is 33.6 Å². The fraction of sp³-hybridized carbons (Fsp3) is 0.909. The van der Waals surface area contributed by atoms with Gasteiger partial charge in [0.25, 0.3) is 0 Å². The van der Waals surface area contributed by atoms with Crippen LogP contribution in [0.5, 0.6) is 0 Å². The molecule has 0 aliphatic rings. The predicted octanol–water partition coefficient (Wildman–Crippen LogP) is 0.422. The van der Waals surface area contributed by atoms with E-state index in [9.17, 15) is 13.2 Å². The maximum atomic E-state index is 11.1. The molecule has 0 unspecified atom stereocenters. The van der Waals surface area contributed by atoms with Gasteiger partial charge in [-0.3, -0.25) is 0 Å². The minimum atomic E-state index is -3.23. The third-order valence-electron chi connectivity index (χ3n) is 2.61. The Morgan fingerprint density at radius 3 is 2.32 bits per heavy atom. The van der Waals surface area contributed by atoms with Crippen LogP contribution in [0.4, 0.5) is 4.79 Å². The van der Waals surface area contributed by atoms with Crippen molar-refractivity contribution in [1.29, 1.82) is 0 Å². The van der Waals surface area contributed by atoms with Crippen LogP contribution >= 0.6 is 0 Å². The van der Waals surface area contributed by atoms with Crippen LogP contribution in [0.3, 0.4) is 0 Å². The van der Waals surface area contributed by atoms with Gasteiger partial charge >= 0.3 is 6.09 Å². The number of amides is 1. The van der Waals surface area contributed by atoms with Gasteiger partial charge in [0.05, 0.1) is 6.26 Å². The lowest BCUT2D eigenvalue weighted by atomic mass is 10.1. The molecule has 0 radical (unpaired) electrons. The van der Waals surface area contributed by atoms with Crippen LogP contribution in [0, 0.1) is 0 Å². The summed E-state index contributed by atoms with van der Waals surface area (Å²) in [5.74, 6) is 0. The second-order valence-electron chi connectivity index (χ2n) is 5.63. The van der Waals surface area contributed by atoms with Crippen molar-refractivity contribution in [2.75, 3.05) is 19.3 Å². The molecule has 8 heteroatoms. The van der Waals surface area contributed by atoms with Crippen molar-refractivity contribution in [2.24, 2.45) is 5.73 Å². The number of nitrogens with zero attached hydrogens (tertiary/aromatic N) is 1. The third kappa shape index (κ3) is 8.79. The molecule has 0 fully saturated rings. The van der Waals surface area contributed by atoms with Crippen LogP contribution < -0.4 is 10.5 Å². The summed E-state index contributed by atoms with van der Waals surface area (Å²) in [7, 11) is -3.23. The summed E-state index contributed by atoms with van der Waals surface area (Å²) in [6, 6.07) is -0.315. The van der Waals surface area contributed by atoms with Crippen molar-refractivity contribution < 1.29 is 18.3 Å². The highest BCUT2D eigenvalue weighted by Crippen LogP contribution is 2.14. The van der Waals surface area contributed by atoms with Crippen molar-refractivity contribution in [3.63, 3.8) is 0 Å². The van der Waals surface area contributed by atoms with Crippen LogP contribution in [0.2, 0.25) is 0 Å². The Kier molecular flexibility index (Phi) is 6.74. The van der Waals surface area contributed by atoms with Gasteiger partial charge in [-0.05, 0) is 33.6 Å². The first-order valence-electron chi connectivity index (χ1n) is 6.14. The molecule has 0 heterocycles. The zero-order valence-electron chi connectivity index (χ0n) is 12.0. The van der Waals surface area contributed by atoms with Crippen molar-refractivity contribution in [3.05, 3.63) is 0 Å². The molecule has 1 amide bonds. The Balaban J connectivity index is 4.10. The van der Waals surface area contributed by atoms with E-state index in [1.54, 1.807) is 0 Å². The second kappa shape index (κ2) is 7.06. The molecule has 0 saturated carbocycles. The topological polar surface area (TPSA) is 113 Å². The molecule has 7 nitrogen and oxygen atoms in total. The molecule has 0 saturated heterocycles. The lowest BCUT2D eigenvalue weighted by Gasteiger charge is -2.33. The lowest BCUT2D eigenvalue weighted by molar-refractivity contribution is 0.0987. The van der Waals surface area contributed by atoms with Crippen LogP contribution in [-0.2, 0) is 10.0 Å². The Labute approximate surface area is 115 Å². The second-order valence-corrected chi connectivity index (χ2v) is 7.46. The van der Waals surface area contributed by atoms with E-state index in [0.29, 0.717) is 19.4 Å². The van der Waals surface area contributed by atoms with Gasteiger partial charge in [-0.2, -0.15) is 0 Å². The maximum absolute atomic E-state index is 11.1. The number of sulfonamides is 1. The molecular formula is C11H25N3O4S. The summed E-state index contributed by atoms with van der Waals surface area (Å²) in [6.07, 6.45) is 1.26. The minimum absolute atomic E-state index is 0.168. The summed E-state index contributed by atoms with van der Waals surface area (Å²) in [5, 5.41) is 9.09. The van der Waals surface area contributed by atoms with Crippen molar-refractivity contribution in [1.82, 2.24) is 9.62 Å². The number of hydrogen-bond acceptors (Lipinski definition) is 4. The summed E-state index contributed by atoms with van der Waals surface area (Å²) < 4.78 is 24.1. The van der Waals surface area contributed by atoms with E-state index < -0.39 is 21.7 Å². The number of carbonyl (C=O) groups is 1. The SMILES string of the molecule is CC(C)(C)N(CCC[C@H](N)CNS(C)(=O)=O)C(=O)O. The molecule has 114 valence electrons. The first kappa shape index (κ1) is 18.1. The summed E-state index contributed by atoms with van der Waals surface area (Å²) in [4.78, 5) is 12.4. The molecular weight excluding hydrogens is 270 g/mol. The summed E-state index contributed by atoms with van der Waals surface area (Å²) in [6.45, 7) is 6.03. The normalized spacial score (nSPS) is 14.2. The highest BCUT2D eigenvalue weighted by atomic mass is 32.2. The fourth-order valence-corrected chi connectivity index (χ4v) is 2.11. The average molecular weight is 295 g/mol. The van der Waals surface area contributed by atoms with E-state index in [1.165, 1.54) is 4.90 Å². The molecule has 0 rings (SSSR count). The van der Waals surface area contributed by atoms with Gasteiger partial charge in [-0.25, -0.2) is 17.9 Å². The number of nitrogens with one attached hydrogen (secondary N) is 1. The first-order valence-corrected chi connectivity index (χ1v) is 8.03. The molecule has 19 heavy (non-hydrogen) atoms. The van der Waals surface area contributed by atoms with E-state index in [1.807, 2.05) is 20.8 Å². The van der Waals surface area contributed by atoms with Crippen molar-refractivity contribution in [3.8, 4) is 0 Å². The van der Waals surface area contributed by atoms with Crippen LogP contribution in [-0.4, -0.2) is 55.4 Å². The number of hydrogen-bond donors (Lipinski definition) is 3. The smallest absolute Gasteiger partial charge is 0.407 e. The van der Waals surface area contributed by atoms with Gasteiger partial charge in [-0.1, -0.05) is 0 Å². The average Bonchev–Trinajstić information content (AvgIpc) is 2.17. The quantitative estimate of drug-likeness (QED) is 0.630. The summed E-state index contributed by atoms with van der Waals surface area (Å²) >= 11 is 0. The monoisotopic (exact) mass is 295 g/mol. The highest BCUT2D eigenvalue weighted by molar-refractivity contribution is 7.88. The molecule has 0 bridgehead atoms. The third-order valence-corrected chi connectivity index (χ3v) is 3.30. The zero-order valence-corrected chi connectivity index (χ0v) is 12.8. The summed E-state index contributed by atoms with van der Waals surface area (Å²) in [5.41, 5.74) is 5.30. The molecule has 1 atom stereocenters. The minimum Gasteiger partial charge on any atom is -0.465 e. The van der Waals surface area contributed by atoms with Gasteiger partial charge in [0.15, 0.2) is 0 Å². The van der Waals surface area contributed by atoms with Gasteiger partial charge < -0.3 is 15.7 Å². The standard InChI is InChI=1S/C11H25N3O4S/c1-11(2,3)14(10(15)16)7-5-6-9(12)8-13-19(4,17)18/h9,13H,5-8,12H2,1-4H3,(H,15,16)/t9-/m0/s1. The Bertz CT molecular complexity index is 389. The number of rotatable bonds is 7. The fourth-order valence-electron chi connectivity index (χ4n) is 1.59. The van der Waals surface area contributed by atoms with Gasteiger partial charge in [0, 0.05) is 24.7 Å². The number of nitrogens with two attached hydrogens (primary N) is 1. The molecule has 0 spiro atoms. The van der Waals surface area contributed by atoms with Crippen molar-refractivity contribution >= 4 is 16.1 Å². The highest BCUT2D eigenvalue weighted by Gasteiger charge is 2.25. The lowest BCUT2D eigenvalue weighted by Crippen LogP contribution is -2.46. The Morgan fingerprint density at radius 2 is 1.95 bits per heavy atom. The van der Waals surface area contributed by atoms with E-state index in [4.69, 9.17) is 10.8 Å².